The van der Waals surface area contributed by atoms with Crippen molar-refractivity contribution in [1.82, 2.24) is 0 Å². The lowest BCUT2D eigenvalue weighted by atomic mass is 10.1. The van der Waals surface area contributed by atoms with Crippen LogP contribution in [-0.2, 0) is 6.42 Å². The summed E-state index contributed by atoms with van der Waals surface area (Å²) in [7, 11) is -0.0907. The van der Waals surface area contributed by atoms with Crippen LogP contribution < -0.4 is 20.7 Å². The predicted octanol–water partition coefficient (Wildman–Crippen LogP) is 5.79. The maximum Gasteiger partial charge on any atom is 0.118 e. The van der Waals surface area contributed by atoms with Crippen LogP contribution in [0.3, 0.4) is 0 Å². The minimum atomic E-state index is -1.79. The summed E-state index contributed by atoms with van der Waals surface area (Å²) < 4.78 is 5.27. The molecule has 31 heavy (non-hydrogen) atoms. The molecule has 0 fully saturated rings. The van der Waals surface area contributed by atoms with Gasteiger partial charge in [-0.1, -0.05) is 78.9 Å². The molecule has 0 spiro atoms. The molecule has 0 amide bonds. The first-order valence-corrected chi connectivity index (χ1v) is 12.6. The molecule has 0 aromatic heterocycles. The van der Waals surface area contributed by atoms with E-state index < -0.39 is 7.26 Å². The van der Waals surface area contributed by atoms with E-state index in [0.717, 1.165) is 18.3 Å². The first-order chi connectivity index (χ1) is 15.3. The number of benzene rings is 4. The van der Waals surface area contributed by atoms with Gasteiger partial charge in [0.2, 0.25) is 0 Å². The highest BCUT2D eigenvalue weighted by atomic mass is 31.2. The highest BCUT2D eigenvalue weighted by molar-refractivity contribution is 7.95. The SMILES string of the molecule is COc1ccc(C/C=C/C[P+](c2ccccc2)(c2ccccc2)c2ccccc2)cc1. The fraction of sp³-hybridized carbons (Fsp3) is 0.103. The predicted molar refractivity (Wildman–Crippen MR) is 136 cm³/mol. The van der Waals surface area contributed by atoms with Crippen molar-refractivity contribution in [3.8, 4) is 5.75 Å². The van der Waals surface area contributed by atoms with Crippen molar-refractivity contribution >= 4 is 23.2 Å². The Balaban J connectivity index is 1.71. The molecule has 0 heterocycles. The zero-order valence-corrected chi connectivity index (χ0v) is 18.8. The summed E-state index contributed by atoms with van der Waals surface area (Å²) in [6.07, 6.45) is 6.61. The number of hydrogen-bond donors (Lipinski definition) is 0. The molecule has 0 atom stereocenters. The lowest BCUT2D eigenvalue weighted by Crippen LogP contribution is -2.32. The van der Waals surface area contributed by atoms with Gasteiger partial charge in [0.25, 0.3) is 0 Å². The molecule has 0 aliphatic carbocycles. The van der Waals surface area contributed by atoms with E-state index in [9.17, 15) is 0 Å². The molecule has 0 bridgehead atoms. The van der Waals surface area contributed by atoms with Crippen LogP contribution in [0.25, 0.3) is 0 Å². The van der Waals surface area contributed by atoms with Crippen LogP contribution in [0.4, 0.5) is 0 Å². The van der Waals surface area contributed by atoms with E-state index in [0.29, 0.717) is 0 Å². The molecule has 0 unspecified atom stereocenters. The third-order valence-corrected chi connectivity index (χ3v) is 9.95. The van der Waals surface area contributed by atoms with Crippen LogP contribution >= 0.6 is 7.26 Å². The Labute approximate surface area is 186 Å². The molecule has 0 saturated carbocycles. The third kappa shape index (κ3) is 4.79. The van der Waals surface area contributed by atoms with Crippen LogP contribution in [0.15, 0.2) is 127 Å². The van der Waals surface area contributed by atoms with Gasteiger partial charge in [0.15, 0.2) is 0 Å². The Morgan fingerprint density at radius 3 is 1.45 bits per heavy atom. The third-order valence-electron chi connectivity index (χ3n) is 5.65. The molecule has 0 N–H and O–H groups in total. The van der Waals surface area contributed by atoms with E-state index in [-0.39, 0.29) is 0 Å². The van der Waals surface area contributed by atoms with Gasteiger partial charge in [-0.25, -0.2) is 0 Å². The van der Waals surface area contributed by atoms with E-state index in [1.165, 1.54) is 21.5 Å². The number of rotatable bonds is 8. The van der Waals surface area contributed by atoms with Crippen LogP contribution in [-0.4, -0.2) is 13.3 Å². The topological polar surface area (TPSA) is 9.23 Å². The van der Waals surface area contributed by atoms with E-state index in [2.05, 4.69) is 115 Å². The zero-order chi connectivity index (χ0) is 21.4. The van der Waals surface area contributed by atoms with E-state index >= 15 is 0 Å². The second-order valence-corrected chi connectivity index (χ2v) is 11.1. The minimum absolute atomic E-state index is 0.898. The van der Waals surface area contributed by atoms with E-state index in [4.69, 9.17) is 4.74 Å². The number of ether oxygens (including phenoxy) is 1. The van der Waals surface area contributed by atoms with Gasteiger partial charge in [0.1, 0.15) is 28.9 Å². The van der Waals surface area contributed by atoms with Gasteiger partial charge in [-0.05, 0) is 60.5 Å². The van der Waals surface area contributed by atoms with Crippen molar-refractivity contribution in [1.29, 1.82) is 0 Å². The van der Waals surface area contributed by atoms with Gasteiger partial charge in [-0.2, -0.15) is 0 Å². The fourth-order valence-electron chi connectivity index (χ4n) is 4.02. The quantitative estimate of drug-likeness (QED) is 0.258. The first-order valence-electron chi connectivity index (χ1n) is 10.7. The lowest BCUT2D eigenvalue weighted by Gasteiger charge is -2.26. The smallest absolute Gasteiger partial charge is 0.118 e. The molecule has 4 rings (SSSR count). The summed E-state index contributed by atoms with van der Waals surface area (Å²) in [5.74, 6) is 0.898. The minimum Gasteiger partial charge on any atom is -0.497 e. The van der Waals surface area contributed by atoms with Crippen molar-refractivity contribution < 1.29 is 4.74 Å². The monoisotopic (exact) mass is 423 g/mol. The van der Waals surface area contributed by atoms with Gasteiger partial charge >= 0.3 is 0 Å². The van der Waals surface area contributed by atoms with Crippen LogP contribution in [0.5, 0.6) is 5.75 Å². The molecular formula is C29H28OP+. The first kappa shape index (κ1) is 21.1. The Morgan fingerprint density at radius 1 is 0.581 bits per heavy atom. The molecule has 2 heteroatoms. The Hall–Kier alpha value is -3.15. The molecule has 0 aliphatic heterocycles. The summed E-state index contributed by atoms with van der Waals surface area (Å²) in [5, 5.41) is 4.25. The van der Waals surface area contributed by atoms with Gasteiger partial charge in [-0.3, -0.25) is 0 Å². The fourth-order valence-corrected chi connectivity index (χ4v) is 8.06. The van der Waals surface area contributed by atoms with Crippen LogP contribution in [0.2, 0.25) is 0 Å². The molecule has 0 radical (unpaired) electrons. The average Bonchev–Trinajstić information content (AvgIpc) is 2.86. The molecule has 4 aromatic rings. The highest BCUT2D eigenvalue weighted by Crippen LogP contribution is 2.55. The average molecular weight is 424 g/mol. The second kappa shape index (κ2) is 10.2. The summed E-state index contributed by atoms with van der Waals surface area (Å²) in [5.41, 5.74) is 1.29. The lowest BCUT2D eigenvalue weighted by molar-refractivity contribution is 0.414. The standard InChI is InChI=1S/C29H28OP/c1-30-26-22-20-25(21-23-26)13-11-12-24-31(27-14-5-2-6-15-27,28-16-7-3-8-17-28)29-18-9-4-10-19-29/h2-12,14-23H,13,24H2,1H3/q+1/b12-11+. The summed E-state index contributed by atoms with van der Waals surface area (Å²) >= 11 is 0. The molecule has 0 aliphatic rings. The van der Waals surface area contributed by atoms with Gasteiger partial charge < -0.3 is 4.74 Å². The van der Waals surface area contributed by atoms with E-state index in [1.54, 1.807) is 7.11 Å². The normalized spacial score (nSPS) is 11.5. The van der Waals surface area contributed by atoms with Crippen molar-refractivity contribution in [2.45, 2.75) is 6.42 Å². The maximum atomic E-state index is 5.27. The Kier molecular flexibility index (Phi) is 6.97. The summed E-state index contributed by atoms with van der Waals surface area (Å²) in [4.78, 5) is 0. The molecule has 4 aromatic carbocycles. The second-order valence-electron chi connectivity index (χ2n) is 7.52. The Morgan fingerprint density at radius 2 is 1.03 bits per heavy atom. The highest BCUT2D eigenvalue weighted by Gasteiger charge is 2.43. The van der Waals surface area contributed by atoms with Crippen LogP contribution in [0.1, 0.15) is 5.56 Å². The zero-order valence-electron chi connectivity index (χ0n) is 17.9. The maximum absolute atomic E-state index is 5.27. The summed E-state index contributed by atoms with van der Waals surface area (Å²) in [6.45, 7) is 0. The van der Waals surface area contributed by atoms with Gasteiger partial charge in [0, 0.05) is 0 Å². The number of methoxy groups -OCH3 is 1. The molecule has 154 valence electrons. The van der Waals surface area contributed by atoms with Crippen LogP contribution in [0, 0.1) is 0 Å². The number of hydrogen-bond acceptors (Lipinski definition) is 1. The van der Waals surface area contributed by atoms with Gasteiger partial charge in [-0.15, -0.1) is 0 Å². The van der Waals surface area contributed by atoms with Crippen molar-refractivity contribution in [3.63, 3.8) is 0 Å². The van der Waals surface area contributed by atoms with Crippen molar-refractivity contribution in [2.24, 2.45) is 0 Å². The Bertz CT molecular complexity index is 991. The largest absolute Gasteiger partial charge is 0.497 e. The molecule has 0 saturated heterocycles. The van der Waals surface area contributed by atoms with Crippen molar-refractivity contribution in [3.05, 3.63) is 133 Å². The number of allylic oxidation sites excluding steroid dienone is 2. The van der Waals surface area contributed by atoms with Gasteiger partial charge in [0.05, 0.1) is 13.3 Å². The van der Waals surface area contributed by atoms with E-state index in [1.807, 2.05) is 12.1 Å². The summed E-state index contributed by atoms with van der Waals surface area (Å²) in [6, 6.07) is 41.4. The molecule has 1 nitrogen and oxygen atoms in total. The van der Waals surface area contributed by atoms with Crippen molar-refractivity contribution in [2.75, 3.05) is 13.3 Å². The molecular weight excluding hydrogens is 395 g/mol.